The summed E-state index contributed by atoms with van der Waals surface area (Å²) in [6.07, 6.45) is 0. The fraction of sp³-hybridized carbons (Fsp3) is 0.455. The van der Waals surface area contributed by atoms with E-state index in [1.165, 1.54) is 12.1 Å². The number of benzene rings is 1. The van der Waals surface area contributed by atoms with Gasteiger partial charge in [-0.1, -0.05) is 0 Å². The molecular weight excluding hydrogens is 225 g/mol. The molecule has 1 saturated heterocycles. The Balaban J connectivity index is 2.35. The predicted octanol–water partition coefficient (Wildman–Crippen LogP) is 1.53. The fourth-order valence-electron chi connectivity index (χ4n) is 2.06. The van der Waals surface area contributed by atoms with E-state index in [1.807, 2.05) is 11.8 Å². The Bertz CT molecular complexity index is 439. The van der Waals surface area contributed by atoms with Crippen molar-refractivity contribution in [2.75, 3.05) is 24.5 Å². The van der Waals surface area contributed by atoms with Crippen molar-refractivity contribution >= 4 is 11.4 Å². The minimum absolute atomic E-state index is 0.0412. The topological polar surface area (TPSA) is 58.4 Å². The molecule has 1 aliphatic rings. The van der Waals surface area contributed by atoms with Crippen LogP contribution in [0.5, 0.6) is 0 Å². The summed E-state index contributed by atoms with van der Waals surface area (Å²) >= 11 is 0. The second kappa shape index (κ2) is 4.67. The maximum atomic E-state index is 13.2. The molecule has 0 bridgehead atoms. The third-order valence-corrected chi connectivity index (χ3v) is 2.84. The predicted molar refractivity (Wildman–Crippen MR) is 62.7 cm³/mol. The molecule has 0 aromatic heterocycles. The SMILES string of the molecule is C[C@@H]1CN(c2cc(F)ccc2[N+](=O)[O-])CCN1. The Hall–Kier alpha value is -1.69. The molecule has 1 aromatic rings. The van der Waals surface area contributed by atoms with Crippen LogP contribution in [-0.4, -0.2) is 30.6 Å². The van der Waals surface area contributed by atoms with Crippen LogP contribution in [0, 0.1) is 15.9 Å². The first-order valence-electron chi connectivity index (χ1n) is 5.50. The third-order valence-electron chi connectivity index (χ3n) is 2.84. The Kier molecular flexibility index (Phi) is 3.23. The molecule has 1 fully saturated rings. The lowest BCUT2D eigenvalue weighted by Gasteiger charge is -2.33. The summed E-state index contributed by atoms with van der Waals surface area (Å²) in [6.45, 7) is 4.03. The molecule has 6 heteroatoms. The van der Waals surface area contributed by atoms with E-state index in [2.05, 4.69) is 5.32 Å². The van der Waals surface area contributed by atoms with Gasteiger partial charge in [-0.2, -0.15) is 0 Å². The number of halogens is 1. The van der Waals surface area contributed by atoms with E-state index >= 15 is 0 Å². The normalized spacial score (nSPS) is 20.4. The number of anilines is 1. The van der Waals surface area contributed by atoms with E-state index in [-0.39, 0.29) is 11.7 Å². The lowest BCUT2D eigenvalue weighted by Crippen LogP contribution is -2.49. The van der Waals surface area contributed by atoms with Crippen molar-refractivity contribution in [1.82, 2.24) is 5.32 Å². The zero-order chi connectivity index (χ0) is 12.4. The van der Waals surface area contributed by atoms with Crippen molar-refractivity contribution in [2.45, 2.75) is 13.0 Å². The standard InChI is InChI=1S/C11H14FN3O2/c1-8-7-14(5-4-13-8)11-6-9(12)2-3-10(11)15(16)17/h2-3,6,8,13H,4-5,7H2,1H3/t8-/m1/s1. The van der Waals surface area contributed by atoms with Crippen molar-refractivity contribution in [3.05, 3.63) is 34.1 Å². The number of nitro groups is 1. The maximum Gasteiger partial charge on any atom is 0.292 e. The third kappa shape index (κ3) is 2.52. The molecule has 1 aromatic carbocycles. The first-order chi connectivity index (χ1) is 8.08. The van der Waals surface area contributed by atoms with E-state index in [0.29, 0.717) is 18.8 Å². The number of hydrogen-bond acceptors (Lipinski definition) is 4. The molecule has 1 atom stereocenters. The van der Waals surface area contributed by atoms with Crippen LogP contribution in [0.25, 0.3) is 0 Å². The van der Waals surface area contributed by atoms with Crippen molar-refractivity contribution < 1.29 is 9.31 Å². The number of nitrogens with zero attached hydrogens (tertiary/aromatic N) is 2. The minimum Gasteiger partial charge on any atom is -0.363 e. The van der Waals surface area contributed by atoms with Gasteiger partial charge in [-0.05, 0) is 13.0 Å². The highest BCUT2D eigenvalue weighted by Crippen LogP contribution is 2.29. The summed E-state index contributed by atoms with van der Waals surface area (Å²) in [5.41, 5.74) is 0.323. The first kappa shape index (κ1) is 11.8. The smallest absolute Gasteiger partial charge is 0.292 e. The summed E-state index contributed by atoms with van der Waals surface area (Å²) in [4.78, 5) is 12.3. The van der Waals surface area contributed by atoms with Gasteiger partial charge in [-0.25, -0.2) is 4.39 Å². The van der Waals surface area contributed by atoms with Crippen LogP contribution in [0.3, 0.4) is 0 Å². The molecule has 0 radical (unpaired) electrons. The monoisotopic (exact) mass is 239 g/mol. The van der Waals surface area contributed by atoms with Crippen LogP contribution in [0.4, 0.5) is 15.8 Å². The van der Waals surface area contributed by atoms with Gasteiger partial charge in [0.05, 0.1) is 4.92 Å². The van der Waals surface area contributed by atoms with E-state index in [1.54, 1.807) is 0 Å². The van der Waals surface area contributed by atoms with Gasteiger partial charge < -0.3 is 10.2 Å². The van der Waals surface area contributed by atoms with Gasteiger partial charge in [0.15, 0.2) is 0 Å². The molecule has 17 heavy (non-hydrogen) atoms. The Morgan fingerprint density at radius 3 is 3.00 bits per heavy atom. The summed E-state index contributed by atoms with van der Waals surface area (Å²) in [6, 6.07) is 3.81. The van der Waals surface area contributed by atoms with Crippen molar-refractivity contribution in [1.29, 1.82) is 0 Å². The molecule has 92 valence electrons. The quantitative estimate of drug-likeness (QED) is 0.628. The van der Waals surface area contributed by atoms with Gasteiger partial charge >= 0.3 is 0 Å². The van der Waals surface area contributed by atoms with Crippen LogP contribution in [-0.2, 0) is 0 Å². The largest absolute Gasteiger partial charge is 0.363 e. The highest BCUT2D eigenvalue weighted by Gasteiger charge is 2.23. The summed E-state index contributed by atoms with van der Waals surface area (Å²) in [7, 11) is 0. The average Bonchev–Trinajstić information content (AvgIpc) is 2.28. The van der Waals surface area contributed by atoms with Gasteiger partial charge in [-0.15, -0.1) is 0 Å². The molecule has 1 heterocycles. The Morgan fingerprint density at radius 2 is 2.35 bits per heavy atom. The Morgan fingerprint density at radius 1 is 1.59 bits per heavy atom. The number of piperazine rings is 1. The summed E-state index contributed by atoms with van der Waals surface area (Å²) in [5.74, 6) is -0.447. The summed E-state index contributed by atoms with van der Waals surface area (Å²) in [5, 5.41) is 14.1. The van der Waals surface area contributed by atoms with Crippen LogP contribution >= 0.6 is 0 Å². The Labute approximate surface area is 98.4 Å². The number of nitro benzene ring substituents is 1. The van der Waals surface area contributed by atoms with Crippen LogP contribution in [0.15, 0.2) is 18.2 Å². The minimum atomic E-state index is -0.471. The fourth-order valence-corrected chi connectivity index (χ4v) is 2.06. The maximum absolute atomic E-state index is 13.2. The van der Waals surface area contributed by atoms with Gasteiger partial charge in [0.1, 0.15) is 11.5 Å². The molecule has 0 unspecified atom stereocenters. The van der Waals surface area contributed by atoms with Crippen molar-refractivity contribution in [3.8, 4) is 0 Å². The lowest BCUT2D eigenvalue weighted by molar-refractivity contribution is -0.384. The molecule has 1 aliphatic heterocycles. The molecule has 0 amide bonds. The molecule has 5 nitrogen and oxygen atoms in total. The van der Waals surface area contributed by atoms with E-state index in [4.69, 9.17) is 0 Å². The van der Waals surface area contributed by atoms with Gasteiger partial charge in [0.25, 0.3) is 5.69 Å². The number of nitrogens with one attached hydrogen (secondary N) is 1. The first-order valence-corrected chi connectivity index (χ1v) is 5.50. The number of hydrogen-bond donors (Lipinski definition) is 1. The van der Waals surface area contributed by atoms with Crippen LogP contribution in [0.2, 0.25) is 0 Å². The van der Waals surface area contributed by atoms with Crippen LogP contribution < -0.4 is 10.2 Å². The van der Waals surface area contributed by atoms with Gasteiger partial charge in [-0.3, -0.25) is 10.1 Å². The molecule has 1 N–H and O–H groups in total. The highest BCUT2D eigenvalue weighted by molar-refractivity contribution is 5.63. The molecular formula is C11H14FN3O2. The molecule has 0 saturated carbocycles. The van der Waals surface area contributed by atoms with Crippen molar-refractivity contribution in [2.24, 2.45) is 0 Å². The van der Waals surface area contributed by atoms with Gasteiger partial charge in [0.2, 0.25) is 0 Å². The average molecular weight is 239 g/mol. The van der Waals surface area contributed by atoms with E-state index < -0.39 is 10.7 Å². The van der Waals surface area contributed by atoms with E-state index in [9.17, 15) is 14.5 Å². The lowest BCUT2D eigenvalue weighted by atomic mass is 10.2. The number of rotatable bonds is 2. The highest BCUT2D eigenvalue weighted by atomic mass is 19.1. The molecule has 2 rings (SSSR count). The summed E-state index contributed by atoms with van der Waals surface area (Å²) < 4.78 is 13.2. The molecule has 0 aliphatic carbocycles. The molecule has 0 spiro atoms. The van der Waals surface area contributed by atoms with Crippen LogP contribution in [0.1, 0.15) is 6.92 Å². The van der Waals surface area contributed by atoms with Gasteiger partial charge in [0, 0.05) is 37.8 Å². The zero-order valence-corrected chi connectivity index (χ0v) is 9.52. The second-order valence-corrected chi connectivity index (χ2v) is 4.19. The van der Waals surface area contributed by atoms with E-state index in [0.717, 1.165) is 12.6 Å². The zero-order valence-electron chi connectivity index (χ0n) is 9.52. The van der Waals surface area contributed by atoms with Crippen molar-refractivity contribution in [3.63, 3.8) is 0 Å². The second-order valence-electron chi connectivity index (χ2n) is 4.19.